The Bertz CT molecular complexity index is 949. The fourth-order valence-electron chi connectivity index (χ4n) is 2.89. The third-order valence-electron chi connectivity index (χ3n) is 4.29. The van der Waals surface area contributed by atoms with Gasteiger partial charge in [0.25, 0.3) is 5.54 Å². The van der Waals surface area contributed by atoms with E-state index in [0.29, 0.717) is 5.56 Å². The molecule has 1 heterocycles. The second-order valence-corrected chi connectivity index (χ2v) is 8.81. The van der Waals surface area contributed by atoms with E-state index in [1.807, 2.05) is 30.3 Å². The highest BCUT2D eigenvalue weighted by Crippen LogP contribution is 2.36. The summed E-state index contributed by atoms with van der Waals surface area (Å²) in [5, 5.41) is 2.41. The molecule has 1 amide bonds. The lowest BCUT2D eigenvalue weighted by atomic mass is 9.94. The zero-order valence-corrected chi connectivity index (χ0v) is 20.5. The predicted octanol–water partition coefficient (Wildman–Crippen LogP) is 3.88. The van der Waals surface area contributed by atoms with Crippen molar-refractivity contribution in [1.82, 2.24) is 9.69 Å². The SMILES string of the molecule is CCOC(=O)C(NC(=O)OC(C)(C)C)(C(=O)OCC)c1snc(OCc2ccccc2)c1C. The monoisotopic (exact) mass is 478 g/mol. The van der Waals surface area contributed by atoms with Crippen LogP contribution in [0.15, 0.2) is 30.3 Å². The molecular weight excluding hydrogens is 448 g/mol. The summed E-state index contributed by atoms with van der Waals surface area (Å²) >= 11 is 0.840. The van der Waals surface area contributed by atoms with Crippen molar-refractivity contribution in [3.05, 3.63) is 46.3 Å². The van der Waals surface area contributed by atoms with Gasteiger partial charge in [0.1, 0.15) is 12.2 Å². The van der Waals surface area contributed by atoms with E-state index in [1.165, 1.54) is 0 Å². The molecule has 2 aromatic rings. The number of carbonyl (C=O) groups is 3. The highest BCUT2D eigenvalue weighted by atomic mass is 32.1. The summed E-state index contributed by atoms with van der Waals surface area (Å²) in [5.41, 5.74) is -1.86. The molecule has 0 aliphatic carbocycles. The maximum absolute atomic E-state index is 13.2. The van der Waals surface area contributed by atoms with Crippen LogP contribution in [0.4, 0.5) is 4.79 Å². The lowest BCUT2D eigenvalue weighted by Gasteiger charge is -2.30. The fraction of sp³-hybridized carbons (Fsp3) is 0.478. The number of ether oxygens (including phenoxy) is 4. The first-order valence-corrected chi connectivity index (χ1v) is 11.3. The number of aromatic nitrogens is 1. The third kappa shape index (κ3) is 6.44. The topological polar surface area (TPSA) is 113 Å². The van der Waals surface area contributed by atoms with Crippen LogP contribution in [-0.2, 0) is 35.9 Å². The Labute approximate surface area is 197 Å². The van der Waals surface area contributed by atoms with Crippen molar-refractivity contribution in [1.29, 1.82) is 0 Å². The lowest BCUT2D eigenvalue weighted by Crippen LogP contribution is -2.59. The molecule has 0 atom stereocenters. The van der Waals surface area contributed by atoms with Gasteiger partial charge in [0.2, 0.25) is 5.88 Å². The molecule has 0 aliphatic rings. The van der Waals surface area contributed by atoms with E-state index in [0.717, 1.165) is 17.1 Å². The van der Waals surface area contributed by atoms with Crippen LogP contribution in [-0.4, -0.2) is 41.2 Å². The van der Waals surface area contributed by atoms with Crippen molar-refractivity contribution < 1.29 is 33.3 Å². The van der Waals surface area contributed by atoms with Gasteiger partial charge in [0.15, 0.2) is 0 Å². The minimum absolute atomic E-state index is 0.0226. The van der Waals surface area contributed by atoms with Crippen LogP contribution >= 0.6 is 11.5 Å². The molecule has 1 aromatic heterocycles. The summed E-state index contributed by atoms with van der Waals surface area (Å²) < 4.78 is 25.8. The van der Waals surface area contributed by atoms with Crippen molar-refractivity contribution in [2.45, 2.75) is 59.3 Å². The molecule has 0 radical (unpaired) electrons. The van der Waals surface area contributed by atoms with E-state index in [9.17, 15) is 14.4 Å². The molecule has 33 heavy (non-hydrogen) atoms. The predicted molar refractivity (Wildman–Crippen MR) is 122 cm³/mol. The van der Waals surface area contributed by atoms with Gasteiger partial charge in [-0.1, -0.05) is 30.3 Å². The van der Waals surface area contributed by atoms with Gasteiger partial charge in [-0.15, -0.1) is 0 Å². The van der Waals surface area contributed by atoms with E-state index < -0.39 is 29.2 Å². The van der Waals surface area contributed by atoms with Crippen LogP contribution in [0.1, 0.15) is 50.6 Å². The van der Waals surface area contributed by atoms with Crippen molar-refractivity contribution >= 4 is 29.6 Å². The number of carbonyl (C=O) groups excluding carboxylic acids is 3. The molecular formula is C23H30N2O7S. The van der Waals surface area contributed by atoms with Crippen LogP contribution in [0.3, 0.4) is 0 Å². The number of esters is 2. The molecule has 0 bridgehead atoms. The van der Waals surface area contributed by atoms with E-state index in [2.05, 4.69) is 9.69 Å². The Hall–Kier alpha value is -3.14. The summed E-state index contributed by atoms with van der Waals surface area (Å²) in [4.78, 5) is 39.2. The maximum Gasteiger partial charge on any atom is 0.409 e. The van der Waals surface area contributed by atoms with Crippen LogP contribution in [0.5, 0.6) is 5.88 Å². The van der Waals surface area contributed by atoms with E-state index >= 15 is 0 Å². The van der Waals surface area contributed by atoms with E-state index in [4.69, 9.17) is 18.9 Å². The molecule has 0 fully saturated rings. The van der Waals surface area contributed by atoms with Gasteiger partial charge in [-0.05, 0) is 58.6 Å². The Morgan fingerprint density at radius 3 is 2.09 bits per heavy atom. The highest BCUT2D eigenvalue weighted by Gasteiger charge is 2.55. The molecule has 0 unspecified atom stereocenters. The Morgan fingerprint density at radius 1 is 1.00 bits per heavy atom. The van der Waals surface area contributed by atoms with Gasteiger partial charge in [-0.3, -0.25) is 5.32 Å². The summed E-state index contributed by atoms with van der Waals surface area (Å²) in [6, 6.07) is 9.46. The molecule has 0 saturated carbocycles. The van der Waals surface area contributed by atoms with Gasteiger partial charge in [0, 0.05) is 5.56 Å². The zero-order chi connectivity index (χ0) is 24.6. The lowest BCUT2D eigenvalue weighted by molar-refractivity contribution is -0.166. The van der Waals surface area contributed by atoms with Crippen LogP contribution in [0, 0.1) is 6.92 Å². The van der Waals surface area contributed by atoms with Crippen LogP contribution in [0.2, 0.25) is 0 Å². The van der Waals surface area contributed by atoms with Gasteiger partial charge < -0.3 is 18.9 Å². The fourth-order valence-corrected chi connectivity index (χ4v) is 3.84. The second kappa shape index (κ2) is 11.1. The molecule has 10 heteroatoms. The minimum Gasteiger partial charge on any atom is -0.472 e. The van der Waals surface area contributed by atoms with Gasteiger partial charge in [-0.25, -0.2) is 14.4 Å². The zero-order valence-electron chi connectivity index (χ0n) is 19.7. The molecule has 0 saturated heterocycles. The normalized spacial score (nSPS) is 11.5. The van der Waals surface area contributed by atoms with Gasteiger partial charge in [0.05, 0.1) is 18.1 Å². The molecule has 0 aliphatic heterocycles. The first kappa shape index (κ1) is 26.1. The molecule has 2 rings (SSSR count). The van der Waals surface area contributed by atoms with Crippen molar-refractivity contribution in [3.8, 4) is 5.88 Å². The van der Waals surface area contributed by atoms with Crippen molar-refractivity contribution in [2.75, 3.05) is 13.2 Å². The average Bonchev–Trinajstić information content (AvgIpc) is 3.11. The number of nitrogens with zero attached hydrogens (tertiary/aromatic N) is 1. The number of hydrogen-bond donors (Lipinski definition) is 1. The standard InChI is InChI=1S/C23H30N2O7S/c1-7-29-19(26)23(20(27)30-8-2,24-21(28)32-22(4,5)6)17-15(3)18(25-33-17)31-14-16-12-10-9-11-13-16/h9-13H,7-8,14H2,1-6H3,(H,24,28). The minimum atomic E-state index is -2.30. The summed E-state index contributed by atoms with van der Waals surface area (Å²) in [7, 11) is 0. The number of benzene rings is 1. The molecule has 0 spiro atoms. The Morgan fingerprint density at radius 2 is 1.58 bits per heavy atom. The first-order valence-electron chi connectivity index (χ1n) is 10.5. The van der Waals surface area contributed by atoms with Gasteiger partial charge in [-0.2, -0.15) is 4.37 Å². The smallest absolute Gasteiger partial charge is 0.409 e. The van der Waals surface area contributed by atoms with Crippen molar-refractivity contribution in [3.63, 3.8) is 0 Å². The Kier molecular flexibility index (Phi) is 8.81. The highest BCUT2D eigenvalue weighted by molar-refractivity contribution is 7.06. The largest absolute Gasteiger partial charge is 0.472 e. The summed E-state index contributed by atoms with van der Waals surface area (Å²) in [6.07, 6.45) is -0.983. The van der Waals surface area contributed by atoms with E-state index in [1.54, 1.807) is 41.5 Å². The molecule has 9 nitrogen and oxygen atoms in total. The molecule has 1 N–H and O–H groups in total. The number of rotatable bonds is 9. The molecule has 180 valence electrons. The van der Waals surface area contributed by atoms with Crippen molar-refractivity contribution in [2.24, 2.45) is 0 Å². The summed E-state index contributed by atoms with van der Waals surface area (Å²) in [5.74, 6) is -1.78. The summed E-state index contributed by atoms with van der Waals surface area (Å²) in [6.45, 7) is 10.0. The second-order valence-electron chi connectivity index (χ2n) is 8.03. The Balaban J connectivity index is 2.51. The van der Waals surface area contributed by atoms with E-state index in [-0.39, 0.29) is 30.6 Å². The number of hydrogen-bond acceptors (Lipinski definition) is 9. The maximum atomic E-state index is 13.2. The first-order chi connectivity index (χ1) is 15.5. The number of amides is 1. The number of nitrogens with one attached hydrogen (secondary N) is 1. The average molecular weight is 479 g/mol. The number of alkyl carbamates (subject to hydrolysis) is 1. The quantitative estimate of drug-likeness (QED) is 0.328. The molecule has 1 aromatic carbocycles. The van der Waals surface area contributed by atoms with Crippen LogP contribution in [0.25, 0.3) is 0 Å². The van der Waals surface area contributed by atoms with Gasteiger partial charge >= 0.3 is 18.0 Å². The van der Waals surface area contributed by atoms with Crippen LogP contribution < -0.4 is 10.1 Å². The third-order valence-corrected chi connectivity index (χ3v) is 5.34.